The summed E-state index contributed by atoms with van der Waals surface area (Å²) in [5, 5.41) is 3.21. The first-order valence-electron chi connectivity index (χ1n) is 5.27. The monoisotopic (exact) mass is 226 g/mol. The van der Waals surface area contributed by atoms with E-state index in [0.29, 0.717) is 11.5 Å². The molecule has 1 aliphatic heterocycles. The van der Waals surface area contributed by atoms with Crippen LogP contribution in [0.2, 0.25) is 0 Å². The Kier molecular flexibility index (Phi) is 3.63. The number of nitrogens with one attached hydrogen (secondary N) is 1. The third-order valence-electron chi connectivity index (χ3n) is 2.54. The van der Waals surface area contributed by atoms with Crippen LogP contribution in [0.4, 0.5) is 10.2 Å². The van der Waals surface area contributed by atoms with Crippen LogP contribution in [0.5, 0.6) is 0 Å². The maximum absolute atomic E-state index is 14.0. The third kappa shape index (κ3) is 2.28. The van der Waals surface area contributed by atoms with E-state index in [9.17, 15) is 4.39 Å². The first kappa shape index (κ1) is 11.2. The van der Waals surface area contributed by atoms with Crippen LogP contribution in [0.15, 0.2) is 6.33 Å². The van der Waals surface area contributed by atoms with Gasteiger partial charge in [-0.15, -0.1) is 0 Å². The summed E-state index contributed by atoms with van der Waals surface area (Å²) < 4.78 is 18.9. The molecule has 2 heterocycles. The molecule has 6 heteroatoms. The van der Waals surface area contributed by atoms with Gasteiger partial charge in [0.25, 0.3) is 0 Å². The molecule has 0 aliphatic carbocycles. The van der Waals surface area contributed by atoms with Crippen molar-refractivity contribution in [3.8, 4) is 0 Å². The Morgan fingerprint density at radius 2 is 2.19 bits per heavy atom. The van der Waals surface area contributed by atoms with Crippen molar-refractivity contribution in [1.82, 2.24) is 15.3 Å². The van der Waals surface area contributed by atoms with Gasteiger partial charge in [0.2, 0.25) is 0 Å². The average molecular weight is 226 g/mol. The van der Waals surface area contributed by atoms with E-state index in [2.05, 4.69) is 15.3 Å². The standard InChI is InChI=1S/C10H15FN4O/c1-16-6-8-9(11)10(14-7-13-8)15-4-2-12-3-5-15/h7,12H,2-6H2,1H3. The second-order valence-electron chi connectivity index (χ2n) is 3.63. The van der Waals surface area contributed by atoms with Gasteiger partial charge in [0.1, 0.15) is 12.0 Å². The van der Waals surface area contributed by atoms with Crippen molar-refractivity contribution in [3.05, 3.63) is 17.8 Å². The highest BCUT2D eigenvalue weighted by Crippen LogP contribution is 2.18. The summed E-state index contributed by atoms with van der Waals surface area (Å²) in [5.74, 6) is 0.00907. The molecule has 0 atom stereocenters. The molecule has 0 radical (unpaired) electrons. The van der Waals surface area contributed by atoms with Gasteiger partial charge in [0.15, 0.2) is 11.6 Å². The molecule has 1 saturated heterocycles. The van der Waals surface area contributed by atoms with Crippen LogP contribution < -0.4 is 10.2 Å². The van der Waals surface area contributed by atoms with Gasteiger partial charge in [-0.1, -0.05) is 0 Å². The van der Waals surface area contributed by atoms with Crippen molar-refractivity contribution in [2.75, 3.05) is 38.2 Å². The van der Waals surface area contributed by atoms with Gasteiger partial charge in [0, 0.05) is 33.3 Å². The van der Waals surface area contributed by atoms with E-state index < -0.39 is 0 Å². The summed E-state index contributed by atoms with van der Waals surface area (Å²) in [6, 6.07) is 0. The molecule has 1 aliphatic rings. The fraction of sp³-hybridized carbons (Fsp3) is 0.600. The van der Waals surface area contributed by atoms with Gasteiger partial charge >= 0.3 is 0 Å². The van der Waals surface area contributed by atoms with Crippen molar-refractivity contribution in [2.24, 2.45) is 0 Å². The summed E-state index contributed by atoms with van der Waals surface area (Å²) in [6.45, 7) is 3.40. The molecule has 1 aromatic rings. The summed E-state index contributed by atoms with van der Waals surface area (Å²) in [7, 11) is 1.52. The minimum absolute atomic E-state index is 0.174. The van der Waals surface area contributed by atoms with Gasteiger partial charge in [-0.3, -0.25) is 0 Å². The molecule has 0 aromatic carbocycles. The zero-order chi connectivity index (χ0) is 11.4. The topological polar surface area (TPSA) is 50.3 Å². The summed E-state index contributed by atoms with van der Waals surface area (Å²) in [5.41, 5.74) is 0.311. The van der Waals surface area contributed by atoms with E-state index in [1.807, 2.05) is 4.90 Å². The van der Waals surface area contributed by atoms with Gasteiger partial charge in [-0.2, -0.15) is 0 Å². The highest BCUT2D eigenvalue weighted by molar-refractivity contribution is 5.41. The molecule has 88 valence electrons. The van der Waals surface area contributed by atoms with E-state index in [0.717, 1.165) is 26.2 Å². The number of halogens is 1. The van der Waals surface area contributed by atoms with Gasteiger partial charge in [0.05, 0.1) is 6.61 Å². The molecule has 1 aromatic heterocycles. The van der Waals surface area contributed by atoms with E-state index in [-0.39, 0.29) is 12.4 Å². The van der Waals surface area contributed by atoms with Crippen LogP contribution >= 0.6 is 0 Å². The van der Waals surface area contributed by atoms with E-state index in [1.54, 1.807) is 0 Å². The van der Waals surface area contributed by atoms with Crippen molar-refractivity contribution in [2.45, 2.75) is 6.61 Å². The second-order valence-corrected chi connectivity index (χ2v) is 3.63. The van der Waals surface area contributed by atoms with Gasteiger partial charge in [-0.25, -0.2) is 14.4 Å². The van der Waals surface area contributed by atoms with Gasteiger partial charge < -0.3 is 15.0 Å². The van der Waals surface area contributed by atoms with Gasteiger partial charge in [-0.05, 0) is 0 Å². The lowest BCUT2D eigenvalue weighted by atomic mass is 10.3. The molecule has 1 fully saturated rings. The second kappa shape index (κ2) is 5.18. The molecular weight excluding hydrogens is 211 g/mol. The van der Waals surface area contributed by atoms with Crippen molar-refractivity contribution < 1.29 is 9.13 Å². The van der Waals surface area contributed by atoms with Crippen LogP contribution in [0.25, 0.3) is 0 Å². The Balaban J connectivity index is 2.22. The predicted octanol–water partition coefficient (Wildman–Crippen LogP) is 0.172. The lowest BCUT2D eigenvalue weighted by Crippen LogP contribution is -2.44. The normalized spacial score (nSPS) is 16.5. The summed E-state index contributed by atoms with van der Waals surface area (Å²) in [6.07, 6.45) is 1.38. The van der Waals surface area contributed by atoms with Crippen molar-refractivity contribution >= 4 is 5.82 Å². The van der Waals surface area contributed by atoms with Crippen LogP contribution in [0.3, 0.4) is 0 Å². The molecule has 0 unspecified atom stereocenters. The quantitative estimate of drug-likeness (QED) is 0.796. The smallest absolute Gasteiger partial charge is 0.189 e. The highest BCUT2D eigenvalue weighted by atomic mass is 19.1. The van der Waals surface area contributed by atoms with E-state index >= 15 is 0 Å². The third-order valence-corrected chi connectivity index (χ3v) is 2.54. The number of nitrogens with zero attached hydrogens (tertiary/aromatic N) is 3. The Morgan fingerprint density at radius 3 is 2.88 bits per heavy atom. The van der Waals surface area contributed by atoms with Crippen LogP contribution in [-0.2, 0) is 11.3 Å². The van der Waals surface area contributed by atoms with Crippen LogP contribution in [0.1, 0.15) is 5.69 Å². The number of hydrogen-bond donors (Lipinski definition) is 1. The van der Waals surface area contributed by atoms with E-state index in [1.165, 1.54) is 13.4 Å². The molecule has 1 N–H and O–H groups in total. The molecule has 5 nitrogen and oxygen atoms in total. The lowest BCUT2D eigenvalue weighted by molar-refractivity contribution is 0.177. The minimum Gasteiger partial charge on any atom is -0.378 e. The SMILES string of the molecule is COCc1ncnc(N2CCNCC2)c1F. The number of methoxy groups -OCH3 is 1. The summed E-state index contributed by atoms with van der Waals surface area (Å²) in [4.78, 5) is 9.79. The lowest BCUT2D eigenvalue weighted by Gasteiger charge is -2.28. The number of rotatable bonds is 3. The maximum Gasteiger partial charge on any atom is 0.189 e. The van der Waals surface area contributed by atoms with E-state index in [4.69, 9.17) is 4.74 Å². The Morgan fingerprint density at radius 1 is 1.44 bits per heavy atom. The van der Waals surface area contributed by atoms with Crippen LogP contribution in [0, 0.1) is 5.82 Å². The Bertz CT molecular complexity index is 355. The molecular formula is C10H15FN4O. The molecule has 0 bridgehead atoms. The van der Waals surface area contributed by atoms with Crippen molar-refractivity contribution in [3.63, 3.8) is 0 Å². The summed E-state index contributed by atoms with van der Waals surface area (Å²) >= 11 is 0. The largest absolute Gasteiger partial charge is 0.378 e. The zero-order valence-electron chi connectivity index (χ0n) is 9.24. The number of anilines is 1. The Labute approximate surface area is 93.6 Å². The first-order chi connectivity index (χ1) is 7.83. The average Bonchev–Trinajstić information content (AvgIpc) is 2.33. The fourth-order valence-corrected chi connectivity index (χ4v) is 1.73. The number of ether oxygens (including phenoxy) is 1. The predicted molar refractivity (Wildman–Crippen MR) is 57.8 cm³/mol. The fourth-order valence-electron chi connectivity index (χ4n) is 1.73. The number of piperazine rings is 1. The number of aromatic nitrogens is 2. The first-order valence-corrected chi connectivity index (χ1v) is 5.27. The molecule has 2 rings (SSSR count). The minimum atomic E-state index is -0.369. The van der Waals surface area contributed by atoms with Crippen molar-refractivity contribution in [1.29, 1.82) is 0 Å². The molecule has 0 amide bonds. The molecule has 0 spiro atoms. The number of hydrogen-bond acceptors (Lipinski definition) is 5. The maximum atomic E-state index is 14.0. The van der Waals surface area contributed by atoms with Crippen LogP contribution in [-0.4, -0.2) is 43.3 Å². The molecule has 16 heavy (non-hydrogen) atoms. The zero-order valence-corrected chi connectivity index (χ0v) is 9.24. The molecule has 0 saturated carbocycles. The highest BCUT2D eigenvalue weighted by Gasteiger charge is 2.18. The Hall–Kier alpha value is -1.27.